The standard InChI is InChI=1S/C18H28N4O3.HI/c1-3-19-18(22-11-8-14(12-22)13-25-2)21-10-9-20-17(24)15-6-4-5-7-16(15)23;/h4-7,14,23H,3,8-13H2,1-2H3,(H,19,21)(H,20,24);1H. The van der Waals surface area contributed by atoms with Crippen molar-refractivity contribution in [2.45, 2.75) is 13.3 Å². The summed E-state index contributed by atoms with van der Waals surface area (Å²) in [6, 6.07) is 6.50. The molecule has 0 aromatic heterocycles. The van der Waals surface area contributed by atoms with Gasteiger partial charge < -0.3 is 25.4 Å². The first-order valence-corrected chi connectivity index (χ1v) is 8.74. The maximum atomic E-state index is 12.0. The van der Waals surface area contributed by atoms with Crippen LogP contribution in [0.4, 0.5) is 0 Å². The number of aliphatic imine (C=N–C) groups is 1. The van der Waals surface area contributed by atoms with Gasteiger partial charge in [0.05, 0.1) is 18.7 Å². The van der Waals surface area contributed by atoms with Gasteiger partial charge in [0, 0.05) is 39.2 Å². The maximum absolute atomic E-state index is 12.0. The van der Waals surface area contributed by atoms with Crippen LogP contribution >= 0.6 is 24.0 Å². The minimum Gasteiger partial charge on any atom is -0.507 e. The zero-order chi connectivity index (χ0) is 18.1. The summed E-state index contributed by atoms with van der Waals surface area (Å²) in [5.41, 5.74) is 0.278. The monoisotopic (exact) mass is 476 g/mol. The number of likely N-dealkylation sites (tertiary alicyclic amines) is 1. The molecule has 7 nitrogen and oxygen atoms in total. The van der Waals surface area contributed by atoms with Crippen molar-refractivity contribution in [1.29, 1.82) is 0 Å². The molecule has 146 valence electrons. The molecule has 2 rings (SSSR count). The van der Waals surface area contributed by atoms with E-state index in [9.17, 15) is 9.90 Å². The van der Waals surface area contributed by atoms with E-state index in [1.54, 1.807) is 25.3 Å². The molecular formula is C18H29IN4O3. The summed E-state index contributed by atoms with van der Waals surface area (Å²) in [7, 11) is 1.73. The Kier molecular flexibility index (Phi) is 10.3. The fourth-order valence-corrected chi connectivity index (χ4v) is 2.91. The molecule has 1 atom stereocenters. The minimum absolute atomic E-state index is 0. The highest BCUT2D eigenvalue weighted by Gasteiger charge is 2.24. The van der Waals surface area contributed by atoms with Gasteiger partial charge >= 0.3 is 0 Å². The van der Waals surface area contributed by atoms with E-state index < -0.39 is 0 Å². The Morgan fingerprint density at radius 3 is 2.85 bits per heavy atom. The third-order valence-electron chi connectivity index (χ3n) is 4.13. The fourth-order valence-electron chi connectivity index (χ4n) is 2.91. The lowest BCUT2D eigenvalue weighted by Crippen LogP contribution is -2.40. The first-order valence-electron chi connectivity index (χ1n) is 8.74. The van der Waals surface area contributed by atoms with Crippen LogP contribution in [-0.2, 0) is 4.74 Å². The highest BCUT2D eigenvalue weighted by molar-refractivity contribution is 14.0. The number of halogens is 1. The first kappa shape index (κ1) is 22.5. The molecule has 1 fully saturated rings. The van der Waals surface area contributed by atoms with Crippen molar-refractivity contribution in [3.05, 3.63) is 29.8 Å². The quantitative estimate of drug-likeness (QED) is 0.241. The summed E-state index contributed by atoms with van der Waals surface area (Å²) in [6.07, 6.45) is 1.10. The number of benzene rings is 1. The smallest absolute Gasteiger partial charge is 0.255 e. The summed E-state index contributed by atoms with van der Waals surface area (Å²) in [6.45, 7) is 6.40. The number of rotatable bonds is 7. The molecule has 0 saturated carbocycles. The number of carbonyl (C=O) groups is 1. The number of carbonyl (C=O) groups excluding carboxylic acids is 1. The second kappa shape index (κ2) is 11.9. The maximum Gasteiger partial charge on any atom is 0.255 e. The second-order valence-corrected chi connectivity index (χ2v) is 6.06. The van der Waals surface area contributed by atoms with Gasteiger partial charge in [0.25, 0.3) is 5.91 Å². The molecule has 1 saturated heterocycles. The predicted octanol–water partition coefficient (Wildman–Crippen LogP) is 1.67. The SMILES string of the molecule is CCNC(=NCCNC(=O)c1ccccc1O)N1CCC(COC)C1.I. The van der Waals surface area contributed by atoms with E-state index in [4.69, 9.17) is 4.74 Å². The molecule has 1 aliphatic heterocycles. The van der Waals surface area contributed by atoms with Crippen molar-refractivity contribution in [2.24, 2.45) is 10.9 Å². The van der Waals surface area contributed by atoms with Gasteiger partial charge in [-0.2, -0.15) is 0 Å². The number of methoxy groups -OCH3 is 1. The molecule has 1 aliphatic rings. The third-order valence-corrected chi connectivity index (χ3v) is 4.13. The van der Waals surface area contributed by atoms with Crippen molar-refractivity contribution in [3.8, 4) is 5.75 Å². The molecule has 0 aliphatic carbocycles. The van der Waals surface area contributed by atoms with Crippen molar-refractivity contribution in [2.75, 3.05) is 46.4 Å². The Morgan fingerprint density at radius 1 is 1.38 bits per heavy atom. The molecule has 3 N–H and O–H groups in total. The van der Waals surface area contributed by atoms with Gasteiger partial charge in [0.15, 0.2) is 5.96 Å². The largest absolute Gasteiger partial charge is 0.507 e. The van der Waals surface area contributed by atoms with Gasteiger partial charge in [0.1, 0.15) is 5.75 Å². The van der Waals surface area contributed by atoms with E-state index >= 15 is 0 Å². The van der Waals surface area contributed by atoms with Crippen LogP contribution in [0.5, 0.6) is 5.75 Å². The van der Waals surface area contributed by atoms with Crippen molar-refractivity contribution in [3.63, 3.8) is 0 Å². The van der Waals surface area contributed by atoms with E-state index in [1.165, 1.54) is 6.07 Å². The Hall–Kier alpha value is -1.55. The van der Waals surface area contributed by atoms with Gasteiger partial charge in [-0.1, -0.05) is 12.1 Å². The zero-order valence-corrected chi connectivity index (χ0v) is 17.7. The molecule has 0 spiro atoms. The van der Waals surface area contributed by atoms with Crippen LogP contribution in [0, 0.1) is 5.92 Å². The Bertz CT molecular complexity index is 598. The predicted molar refractivity (Wildman–Crippen MR) is 113 cm³/mol. The number of nitrogens with zero attached hydrogens (tertiary/aromatic N) is 2. The summed E-state index contributed by atoms with van der Waals surface area (Å²) >= 11 is 0. The molecule has 26 heavy (non-hydrogen) atoms. The highest BCUT2D eigenvalue weighted by Crippen LogP contribution is 2.16. The number of hydrogen-bond acceptors (Lipinski definition) is 4. The number of ether oxygens (including phenoxy) is 1. The van der Waals surface area contributed by atoms with Crippen LogP contribution < -0.4 is 10.6 Å². The number of para-hydroxylation sites is 1. The normalized spacial score (nSPS) is 16.9. The van der Waals surface area contributed by atoms with E-state index in [1.807, 2.05) is 6.92 Å². The Morgan fingerprint density at radius 2 is 2.15 bits per heavy atom. The number of nitrogens with one attached hydrogen (secondary N) is 2. The van der Waals surface area contributed by atoms with Crippen LogP contribution in [0.1, 0.15) is 23.7 Å². The molecule has 0 bridgehead atoms. The number of phenolic OH excluding ortho intramolecular Hbond substituents is 1. The average molecular weight is 476 g/mol. The van der Waals surface area contributed by atoms with Crippen LogP contribution in [-0.4, -0.2) is 68.3 Å². The topological polar surface area (TPSA) is 86.2 Å². The Labute approximate surface area is 172 Å². The lowest BCUT2D eigenvalue weighted by atomic mass is 10.1. The van der Waals surface area contributed by atoms with Gasteiger partial charge in [-0.25, -0.2) is 0 Å². The van der Waals surface area contributed by atoms with Crippen molar-refractivity contribution >= 4 is 35.8 Å². The highest BCUT2D eigenvalue weighted by atomic mass is 127. The van der Waals surface area contributed by atoms with Crippen LogP contribution in [0.2, 0.25) is 0 Å². The van der Waals surface area contributed by atoms with Gasteiger partial charge in [-0.15, -0.1) is 24.0 Å². The lowest BCUT2D eigenvalue weighted by molar-refractivity contribution is 0.0952. The molecule has 0 radical (unpaired) electrons. The number of amides is 1. The number of hydrogen-bond donors (Lipinski definition) is 3. The molecule has 1 heterocycles. The van der Waals surface area contributed by atoms with E-state index in [2.05, 4.69) is 20.5 Å². The first-order chi connectivity index (χ1) is 12.2. The van der Waals surface area contributed by atoms with Crippen LogP contribution in [0.3, 0.4) is 0 Å². The molecular weight excluding hydrogens is 447 g/mol. The van der Waals surface area contributed by atoms with Gasteiger partial charge in [-0.05, 0) is 25.5 Å². The lowest BCUT2D eigenvalue weighted by Gasteiger charge is -2.21. The number of aromatic hydroxyl groups is 1. The summed E-state index contributed by atoms with van der Waals surface area (Å²) in [5, 5.41) is 15.8. The van der Waals surface area contributed by atoms with Crippen LogP contribution in [0.15, 0.2) is 29.3 Å². The molecule has 8 heteroatoms. The summed E-state index contributed by atoms with van der Waals surface area (Å²) < 4.78 is 5.24. The molecule has 1 aromatic rings. The molecule has 1 aromatic carbocycles. The van der Waals surface area contributed by atoms with E-state index in [-0.39, 0.29) is 41.2 Å². The third kappa shape index (κ3) is 6.64. The fraction of sp³-hybridized carbons (Fsp3) is 0.556. The van der Waals surface area contributed by atoms with Gasteiger partial charge in [-0.3, -0.25) is 9.79 Å². The molecule has 1 amide bonds. The van der Waals surface area contributed by atoms with Gasteiger partial charge in [0.2, 0.25) is 0 Å². The Balaban J connectivity index is 0.00000338. The van der Waals surface area contributed by atoms with Crippen LogP contribution in [0.25, 0.3) is 0 Å². The minimum atomic E-state index is -0.292. The molecule has 1 unspecified atom stereocenters. The number of phenols is 1. The van der Waals surface area contributed by atoms with E-state index in [0.717, 1.165) is 38.6 Å². The number of guanidine groups is 1. The summed E-state index contributed by atoms with van der Waals surface area (Å²) in [5.74, 6) is 1.10. The second-order valence-electron chi connectivity index (χ2n) is 6.06. The van der Waals surface area contributed by atoms with Crippen molar-refractivity contribution < 1.29 is 14.6 Å². The summed E-state index contributed by atoms with van der Waals surface area (Å²) in [4.78, 5) is 18.9. The van der Waals surface area contributed by atoms with Crippen molar-refractivity contribution in [1.82, 2.24) is 15.5 Å². The van der Waals surface area contributed by atoms with E-state index in [0.29, 0.717) is 19.0 Å². The zero-order valence-electron chi connectivity index (χ0n) is 15.4. The average Bonchev–Trinajstić information content (AvgIpc) is 3.06.